The Morgan fingerprint density at radius 2 is 1.68 bits per heavy atom. The minimum Gasteiger partial charge on any atom is -0.465 e. The van der Waals surface area contributed by atoms with Crippen LogP contribution in [0.1, 0.15) is 27.6 Å². The van der Waals surface area contributed by atoms with Gasteiger partial charge in [-0.1, -0.05) is 0 Å². The third-order valence-electron chi connectivity index (χ3n) is 2.89. The molecule has 2 rings (SSSR count). The summed E-state index contributed by atoms with van der Waals surface area (Å²) in [5, 5.41) is 0. The summed E-state index contributed by atoms with van der Waals surface area (Å²) in [6.07, 6.45) is 0. The van der Waals surface area contributed by atoms with Gasteiger partial charge in [0.25, 0.3) is 0 Å². The van der Waals surface area contributed by atoms with E-state index >= 15 is 0 Å². The largest absolute Gasteiger partial charge is 0.465 e. The first-order valence-corrected chi connectivity index (χ1v) is 6.28. The van der Waals surface area contributed by atoms with Crippen LogP contribution < -0.4 is 4.74 Å². The molecule has 114 valence electrons. The van der Waals surface area contributed by atoms with E-state index in [0.29, 0.717) is 6.07 Å². The van der Waals surface area contributed by atoms with Gasteiger partial charge in [0.2, 0.25) is 0 Å². The van der Waals surface area contributed by atoms with Gasteiger partial charge in [0.05, 0.1) is 18.2 Å². The molecule has 4 nitrogen and oxygen atoms in total. The highest BCUT2D eigenvalue weighted by molar-refractivity contribution is 6.00. The van der Waals surface area contributed by atoms with Crippen LogP contribution in [-0.4, -0.2) is 18.9 Å². The van der Waals surface area contributed by atoms with Gasteiger partial charge in [-0.3, -0.25) is 4.79 Å². The molecule has 0 bridgehead atoms. The topological polar surface area (TPSA) is 52.6 Å². The van der Waals surface area contributed by atoms with Crippen molar-refractivity contribution < 1.29 is 27.8 Å². The van der Waals surface area contributed by atoms with E-state index in [9.17, 15) is 18.4 Å². The Bertz CT molecular complexity index is 741. The van der Waals surface area contributed by atoms with Gasteiger partial charge in [-0.2, -0.15) is 0 Å². The minimum atomic E-state index is -0.897. The number of ether oxygens (including phenoxy) is 2. The number of methoxy groups -OCH3 is 1. The lowest BCUT2D eigenvalue weighted by atomic mass is 10.1. The van der Waals surface area contributed by atoms with Crippen LogP contribution in [0, 0.1) is 11.6 Å². The molecule has 0 saturated carbocycles. The molecular weight excluding hydrogens is 294 g/mol. The van der Waals surface area contributed by atoms with E-state index in [1.165, 1.54) is 32.2 Å². The van der Waals surface area contributed by atoms with Crippen molar-refractivity contribution in [1.29, 1.82) is 0 Å². The molecule has 0 saturated heterocycles. The SMILES string of the molecule is COC(=O)c1ccc(Oc2ccc(F)cc2F)c(C(C)=O)c1. The predicted molar refractivity (Wildman–Crippen MR) is 74.2 cm³/mol. The highest BCUT2D eigenvalue weighted by atomic mass is 19.1. The normalized spacial score (nSPS) is 10.2. The van der Waals surface area contributed by atoms with Crippen molar-refractivity contribution in [2.45, 2.75) is 6.92 Å². The smallest absolute Gasteiger partial charge is 0.337 e. The molecule has 0 aromatic heterocycles. The second-order valence-corrected chi connectivity index (χ2v) is 4.44. The van der Waals surface area contributed by atoms with Crippen LogP contribution in [0.15, 0.2) is 36.4 Å². The number of hydrogen-bond acceptors (Lipinski definition) is 4. The summed E-state index contributed by atoms with van der Waals surface area (Å²) in [7, 11) is 1.22. The van der Waals surface area contributed by atoms with Crippen molar-refractivity contribution >= 4 is 11.8 Å². The van der Waals surface area contributed by atoms with Crippen LogP contribution in [0.5, 0.6) is 11.5 Å². The van der Waals surface area contributed by atoms with Crippen molar-refractivity contribution in [3.63, 3.8) is 0 Å². The summed E-state index contributed by atoms with van der Waals surface area (Å²) < 4.78 is 36.4. The Hall–Kier alpha value is -2.76. The molecule has 0 unspecified atom stereocenters. The standard InChI is InChI=1S/C16H12F2O4/c1-9(19)12-7-10(16(20)21-2)3-5-14(12)22-15-6-4-11(17)8-13(15)18/h3-8H,1-2H3. The van der Waals surface area contributed by atoms with Crippen LogP contribution >= 0.6 is 0 Å². The molecule has 0 spiro atoms. The molecule has 0 amide bonds. The number of ketones is 1. The van der Waals surface area contributed by atoms with Crippen molar-refractivity contribution in [2.75, 3.05) is 7.11 Å². The number of carbonyl (C=O) groups excluding carboxylic acids is 2. The Kier molecular flexibility index (Phi) is 4.50. The fourth-order valence-electron chi connectivity index (χ4n) is 1.82. The second kappa shape index (κ2) is 6.34. The summed E-state index contributed by atoms with van der Waals surface area (Å²) in [4.78, 5) is 23.1. The Labute approximate surface area is 125 Å². The van der Waals surface area contributed by atoms with Gasteiger partial charge in [0, 0.05) is 6.07 Å². The molecule has 0 aliphatic rings. The molecule has 0 fully saturated rings. The van der Waals surface area contributed by atoms with E-state index in [2.05, 4.69) is 4.74 Å². The Balaban J connectivity index is 2.42. The maximum absolute atomic E-state index is 13.6. The third-order valence-corrected chi connectivity index (χ3v) is 2.89. The van der Waals surface area contributed by atoms with Gasteiger partial charge in [0.15, 0.2) is 17.3 Å². The van der Waals surface area contributed by atoms with E-state index in [-0.39, 0.29) is 28.4 Å². The fourth-order valence-corrected chi connectivity index (χ4v) is 1.82. The van der Waals surface area contributed by atoms with Gasteiger partial charge in [-0.05, 0) is 37.3 Å². The lowest BCUT2D eigenvalue weighted by Crippen LogP contribution is -2.05. The Morgan fingerprint density at radius 3 is 2.27 bits per heavy atom. The monoisotopic (exact) mass is 306 g/mol. The van der Waals surface area contributed by atoms with E-state index in [1.807, 2.05) is 0 Å². The molecule has 0 aliphatic heterocycles. The number of rotatable bonds is 4. The lowest BCUT2D eigenvalue weighted by molar-refractivity contribution is 0.0600. The van der Waals surface area contributed by atoms with Gasteiger partial charge >= 0.3 is 5.97 Å². The Morgan fingerprint density at radius 1 is 1.00 bits per heavy atom. The van der Waals surface area contributed by atoms with Crippen molar-refractivity contribution in [1.82, 2.24) is 0 Å². The number of hydrogen-bond donors (Lipinski definition) is 0. The molecule has 2 aromatic rings. The van der Waals surface area contributed by atoms with E-state index in [0.717, 1.165) is 12.1 Å². The van der Waals surface area contributed by atoms with E-state index in [1.54, 1.807) is 0 Å². The van der Waals surface area contributed by atoms with Gasteiger partial charge in [-0.25, -0.2) is 13.6 Å². The summed E-state index contributed by atoms with van der Waals surface area (Å²) in [6.45, 7) is 1.28. The minimum absolute atomic E-state index is 0.0608. The van der Waals surface area contributed by atoms with Crippen molar-refractivity contribution in [3.05, 3.63) is 59.2 Å². The summed E-state index contributed by atoms with van der Waals surface area (Å²) in [5.74, 6) is -2.78. The number of esters is 1. The molecule has 6 heteroatoms. The van der Waals surface area contributed by atoms with E-state index < -0.39 is 17.6 Å². The number of Topliss-reactive ketones (excluding diaryl/α,β-unsaturated/α-hetero) is 1. The first-order chi connectivity index (χ1) is 10.4. The third kappa shape index (κ3) is 3.28. The maximum atomic E-state index is 13.6. The molecule has 0 atom stereocenters. The van der Waals surface area contributed by atoms with Gasteiger partial charge in [0.1, 0.15) is 11.6 Å². The first kappa shape index (κ1) is 15.6. The molecule has 0 radical (unpaired) electrons. The summed E-state index contributed by atoms with van der Waals surface area (Å²) in [6, 6.07) is 6.86. The van der Waals surface area contributed by atoms with Crippen molar-refractivity contribution in [2.24, 2.45) is 0 Å². The number of benzene rings is 2. The molecular formula is C16H12F2O4. The quantitative estimate of drug-likeness (QED) is 0.637. The van der Waals surface area contributed by atoms with E-state index in [4.69, 9.17) is 4.74 Å². The highest BCUT2D eigenvalue weighted by Gasteiger charge is 2.16. The molecule has 0 aliphatic carbocycles. The summed E-state index contributed by atoms with van der Waals surface area (Å²) >= 11 is 0. The zero-order valence-corrected chi connectivity index (χ0v) is 11.9. The van der Waals surface area contributed by atoms with Crippen molar-refractivity contribution in [3.8, 4) is 11.5 Å². The van der Waals surface area contributed by atoms with Crippen LogP contribution in [0.4, 0.5) is 8.78 Å². The summed E-state index contributed by atoms with van der Waals surface area (Å²) in [5.41, 5.74) is 0.256. The highest BCUT2D eigenvalue weighted by Crippen LogP contribution is 2.29. The predicted octanol–water partition coefficient (Wildman–Crippen LogP) is 3.75. The number of halogens is 2. The molecule has 0 N–H and O–H groups in total. The average molecular weight is 306 g/mol. The first-order valence-electron chi connectivity index (χ1n) is 6.28. The molecule has 0 heterocycles. The number of carbonyl (C=O) groups is 2. The average Bonchev–Trinajstić information content (AvgIpc) is 2.49. The van der Waals surface area contributed by atoms with Gasteiger partial charge < -0.3 is 9.47 Å². The second-order valence-electron chi connectivity index (χ2n) is 4.44. The zero-order chi connectivity index (χ0) is 16.3. The van der Waals surface area contributed by atoms with Crippen LogP contribution in [0.2, 0.25) is 0 Å². The van der Waals surface area contributed by atoms with Crippen LogP contribution in [0.3, 0.4) is 0 Å². The maximum Gasteiger partial charge on any atom is 0.337 e. The lowest BCUT2D eigenvalue weighted by Gasteiger charge is -2.11. The van der Waals surface area contributed by atoms with Gasteiger partial charge in [-0.15, -0.1) is 0 Å². The zero-order valence-electron chi connectivity index (χ0n) is 11.9. The van der Waals surface area contributed by atoms with Crippen LogP contribution in [-0.2, 0) is 4.74 Å². The fraction of sp³-hybridized carbons (Fsp3) is 0.125. The molecule has 22 heavy (non-hydrogen) atoms. The molecule has 2 aromatic carbocycles. The van der Waals surface area contributed by atoms with Crippen LogP contribution in [0.25, 0.3) is 0 Å².